The summed E-state index contributed by atoms with van der Waals surface area (Å²) in [5.41, 5.74) is 0. The van der Waals surface area contributed by atoms with E-state index >= 15 is 0 Å². The number of pyridine rings is 1. The summed E-state index contributed by atoms with van der Waals surface area (Å²) in [5, 5.41) is 4.29. The molecule has 2 aromatic rings. The van der Waals surface area contributed by atoms with Gasteiger partial charge in [0.15, 0.2) is 5.13 Å². The van der Waals surface area contributed by atoms with E-state index in [1.807, 2.05) is 24.5 Å². The quantitative estimate of drug-likeness (QED) is 0.918. The van der Waals surface area contributed by atoms with E-state index in [9.17, 15) is 0 Å². The second-order valence-electron chi connectivity index (χ2n) is 5.11. The van der Waals surface area contributed by atoms with Crippen LogP contribution in [0.2, 0.25) is 0 Å². The van der Waals surface area contributed by atoms with E-state index in [1.54, 1.807) is 11.3 Å². The maximum Gasteiger partial charge on any atom is 0.182 e. The lowest BCUT2D eigenvalue weighted by Crippen LogP contribution is -2.46. The summed E-state index contributed by atoms with van der Waals surface area (Å²) in [6.07, 6.45) is 3.86. The zero-order valence-electron chi connectivity index (χ0n) is 12.3. The largest absolute Gasteiger partial charge is 0.362 e. The lowest BCUT2D eigenvalue weighted by molar-refractivity contribution is 0.251. The monoisotopic (exact) mass is 303 g/mol. The van der Waals surface area contributed by atoms with Crippen LogP contribution in [0.5, 0.6) is 0 Å². The highest BCUT2D eigenvalue weighted by molar-refractivity contribution is 7.15. The van der Waals surface area contributed by atoms with Gasteiger partial charge in [-0.05, 0) is 19.1 Å². The predicted octanol–water partition coefficient (Wildman–Crippen LogP) is 2.29. The third kappa shape index (κ3) is 3.71. The fraction of sp³-hybridized carbons (Fsp3) is 0.467. The molecule has 6 heteroatoms. The first-order valence-electron chi connectivity index (χ1n) is 7.42. The first-order valence-corrected chi connectivity index (χ1v) is 8.23. The van der Waals surface area contributed by atoms with E-state index < -0.39 is 0 Å². The molecule has 0 bridgehead atoms. The topological polar surface area (TPSA) is 44.3 Å². The molecule has 1 saturated heterocycles. The van der Waals surface area contributed by atoms with Crippen LogP contribution in [0.15, 0.2) is 30.6 Å². The molecule has 0 aliphatic carbocycles. The molecular formula is C15H21N5S. The van der Waals surface area contributed by atoms with Crippen LogP contribution in [0.4, 0.5) is 10.9 Å². The van der Waals surface area contributed by atoms with E-state index in [-0.39, 0.29) is 0 Å². The highest BCUT2D eigenvalue weighted by Crippen LogP contribution is 2.20. The predicted molar refractivity (Wildman–Crippen MR) is 88.0 cm³/mol. The molecule has 112 valence electrons. The van der Waals surface area contributed by atoms with Crippen molar-refractivity contribution in [1.29, 1.82) is 0 Å². The molecule has 0 unspecified atom stereocenters. The maximum absolute atomic E-state index is 4.43. The average Bonchev–Trinajstić information content (AvgIpc) is 2.97. The van der Waals surface area contributed by atoms with Gasteiger partial charge in [-0.15, -0.1) is 11.3 Å². The fourth-order valence-electron chi connectivity index (χ4n) is 2.51. The van der Waals surface area contributed by atoms with Gasteiger partial charge < -0.3 is 10.2 Å². The molecule has 5 nitrogen and oxygen atoms in total. The molecule has 2 aromatic heterocycles. The molecule has 1 aliphatic heterocycles. The number of nitrogens with zero attached hydrogens (tertiary/aromatic N) is 4. The number of aromatic nitrogens is 2. The number of anilines is 2. The maximum atomic E-state index is 4.43. The number of piperazine rings is 1. The van der Waals surface area contributed by atoms with Crippen molar-refractivity contribution in [2.75, 3.05) is 42.9 Å². The minimum Gasteiger partial charge on any atom is -0.362 e. The summed E-state index contributed by atoms with van der Waals surface area (Å²) in [5.74, 6) is 1.09. The van der Waals surface area contributed by atoms with Gasteiger partial charge in [0, 0.05) is 56.5 Å². The zero-order chi connectivity index (χ0) is 14.5. The molecule has 0 radical (unpaired) electrons. The first kappa shape index (κ1) is 14.3. The van der Waals surface area contributed by atoms with Crippen molar-refractivity contribution in [1.82, 2.24) is 14.9 Å². The van der Waals surface area contributed by atoms with Crippen LogP contribution >= 0.6 is 11.3 Å². The Labute approximate surface area is 129 Å². The van der Waals surface area contributed by atoms with Gasteiger partial charge in [-0.25, -0.2) is 9.97 Å². The van der Waals surface area contributed by atoms with Crippen LogP contribution in [-0.2, 0) is 6.54 Å². The van der Waals surface area contributed by atoms with Crippen molar-refractivity contribution in [2.24, 2.45) is 0 Å². The summed E-state index contributed by atoms with van der Waals surface area (Å²) in [7, 11) is 0. The van der Waals surface area contributed by atoms with Gasteiger partial charge in [0.25, 0.3) is 0 Å². The molecule has 0 saturated carbocycles. The van der Waals surface area contributed by atoms with E-state index in [2.05, 4.69) is 38.1 Å². The Balaban J connectivity index is 1.51. The molecule has 1 N–H and O–H groups in total. The minimum absolute atomic E-state index is 0.926. The van der Waals surface area contributed by atoms with Gasteiger partial charge in [0.2, 0.25) is 0 Å². The van der Waals surface area contributed by atoms with Crippen LogP contribution in [0.1, 0.15) is 11.8 Å². The van der Waals surface area contributed by atoms with Crippen molar-refractivity contribution in [3.63, 3.8) is 0 Å². The Bertz CT molecular complexity index is 548. The van der Waals surface area contributed by atoms with Crippen molar-refractivity contribution in [3.8, 4) is 0 Å². The molecule has 0 atom stereocenters. The molecule has 3 rings (SSSR count). The summed E-state index contributed by atoms with van der Waals surface area (Å²) in [6.45, 7) is 8.24. The number of hydrogen-bond acceptors (Lipinski definition) is 6. The van der Waals surface area contributed by atoms with E-state index in [4.69, 9.17) is 0 Å². The van der Waals surface area contributed by atoms with Crippen LogP contribution in [0, 0.1) is 0 Å². The third-order valence-electron chi connectivity index (χ3n) is 3.61. The van der Waals surface area contributed by atoms with Gasteiger partial charge in [-0.2, -0.15) is 0 Å². The molecule has 3 heterocycles. The van der Waals surface area contributed by atoms with Gasteiger partial charge in [0.1, 0.15) is 5.82 Å². The molecule has 1 fully saturated rings. The molecule has 0 amide bonds. The van der Waals surface area contributed by atoms with Crippen LogP contribution < -0.4 is 10.2 Å². The Morgan fingerprint density at radius 1 is 1.19 bits per heavy atom. The normalized spacial score (nSPS) is 16.1. The van der Waals surface area contributed by atoms with Crippen molar-refractivity contribution in [2.45, 2.75) is 13.5 Å². The third-order valence-corrected chi connectivity index (χ3v) is 4.55. The molecule has 0 aromatic carbocycles. The van der Waals surface area contributed by atoms with Crippen molar-refractivity contribution >= 4 is 22.3 Å². The zero-order valence-corrected chi connectivity index (χ0v) is 13.1. The van der Waals surface area contributed by atoms with Crippen LogP contribution in [0.25, 0.3) is 0 Å². The average molecular weight is 303 g/mol. The molecular weight excluding hydrogens is 282 g/mol. The van der Waals surface area contributed by atoms with Crippen LogP contribution in [-0.4, -0.2) is 47.6 Å². The minimum atomic E-state index is 0.926. The molecule has 21 heavy (non-hydrogen) atoms. The number of hydrogen-bond donors (Lipinski definition) is 1. The highest BCUT2D eigenvalue weighted by Gasteiger charge is 2.18. The Morgan fingerprint density at radius 2 is 2.05 bits per heavy atom. The number of thiazole rings is 1. The summed E-state index contributed by atoms with van der Waals surface area (Å²) in [4.78, 5) is 15.0. The Morgan fingerprint density at radius 3 is 2.76 bits per heavy atom. The Hall–Kier alpha value is -1.66. The summed E-state index contributed by atoms with van der Waals surface area (Å²) < 4.78 is 0. The SMILES string of the molecule is CCNc1ncc(CN2CCN(c3ccccn3)CC2)s1. The van der Waals surface area contributed by atoms with Gasteiger partial charge in [-0.3, -0.25) is 4.90 Å². The van der Waals surface area contributed by atoms with Gasteiger partial charge >= 0.3 is 0 Å². The molecule has 1 aliphatic rings. The summed E-state index contributed by atoms with van der Waals surface area (Å²) in [6, 6.07) is 6.10. The van der Waals surface area contributed by atoms with Crippen molar-refractivity contribution < 1.29 is 0 Å². The second-order valence-corrected chi connectivity index (χ2v) is 6.23. The van der Waals surface area contributed by atoms with E-state index in [0.29, 0.717) is 0 Å². The standard InChI is InChI=1S/C15H21N5S/c1-2-16-15-18-11-13(21-15)12-19-7-9-20(10-8-19)14-5-3-4-6-17-14/h3-6,11H,2,7-10,12H2,1H3,(H,16,18). The lowest BCUT2D eigenvalue weighted by atomic mass is 10.3. The van der Waals surface area contributed by atoms with Gasteiger partial charge in [0.05, 0.1) is 0 Å². The van der Waals surface area contributed by atoms with Crippen molar-refractivity contribution in [3.05, 3.63) is 35.5 Å². The highest BCUT2D eigenvalue weighted by atomic mass is 32.1. The lowest BCUT2D eigenvalue weighted by Gasteiger charge is -2.35. The smallest absolute Gasteiger partial charge is 0.182 e. The van der Waals surface area contributed by atoms with E-state index in [0.717, 1.165) is 50.2 Å². The fourth-order valence-corrected chi connectivity index (χ4v) is 3.43. The molecule has 0 spiro atoms. The number of nitrogens with one attached hydrogen (secondary N) is 1. The van der Waals surface area contributed by atoms with E-state index in [1.165, 1.54) is 4.88 Å². The first-order chi connectivity index (χ1) is 10.3. The van der Waals surface area contributed by atoms with Gasteiger partial charge in [-0.1, -0.05) is 6.07 Å². The summed E-state index contributed by atoms with van der Waals surface area (Å²) >= 11 is 1.76. The Kier molecular flexibility index (Phi) is 4.67. The van der Waals surface area contributed by atoms with Crippen LogP contribution in [0.3, 0.4) is 0 Å². The second kappa shape index (κ2) is 6.87. The number of rotatable bonds is 5.